The quantitative estimate of drug-likeness (QED) is 0.937. The van der Waals surface area contributed by atoms with Gasteiger partial charge < -0.3 is 9.73 Å². The molecule has 0 unspecified atom stereocenters. The van der Waals surface area contributed by atoms with Crippen molar-refractivity contribution in [2.45, 2.75) is 6.42 Å². The van der Waals surface area contributed by atoms with E-state index < -0.39 is 0 Å². The highest BCUT2D eigenvalue weighted by molar-refractivity contribution is 9.10. The fraction of sp³-hybridized carbons (Fsp3) is 0.0833. The van der Waals surface area contributed by atoms with E-state index >= 15 is 0 Å². The summed E-state index contributed by atoms with van der Waals surface area (Å²) in [4.78, 5) is 11.6. The maximum absolute atomic E-state index is 11.6. The summed E-state index contributed by atoms with van der Waals surface area (Å²) in [7, 11) is 0. The Hall–Kier alpha value is -1.55. The average molecular weight is 280 g/mol. The zero-order chi connectivity index (χ0) is 11.4. The summed E-state index contributed by atoms with van der Waals surface area (Å²) in [6.07, 6.45) is 1.81. The van der Waals surface area contributed by atoms with E-state index in [1.807, 2.05) is 24.3 Å². The number of hydrogen-bond donors (Lipinski definition) is 1. The minimum absolute atomic E-state index is 0.0898. The predicted molar refractivity (Wildman–Crippen MR) is 65.2 cm³/mol. The molecular weight excluding hydrogens is 270 g/mol. The fourth-order valence-corrected chi connectivity index (χ4v) is 1.74. The number of carbonyl (C=O) groups is 1. The molecule has 0 aliphatic carbocycles. The van der Waals surface area contributed by atoms with E-state index in [0.29, 0.717) is 5.76 Å². The van der Waals surface area contributed by atoms with Gasteiger partial charge in [-0.25, -0.2) is 0 Å². The number of carbonyl (C=O) groups excluding carboxylic acids is 1. The summed E-state index contributed by atoms with van der Waals surface area (Å²) in [5, 5.41) is 2.79. The number of rotatable bonds is 3. The molecule has 2 aromatic rings. The van der Waals surface area contributed by atoms with Crippen molar-refractivity contribution in [1.82, 2.24) is 0 Å². The standard InChI is InChI=1S/C12H10BrNO2/c13-9-3-1-4-10(7-9)14-12(15)8-11-5-2-6-16-11/h1-7H,8H2,(H,14,15). The Kier molecular flexibility index (Phi) is 3.41. The van der Waals surface area contributed by atoms with Gasteiger partial charge in [0.25, 0.3) is 0 Å². The number of anilines is 1. The molecule has 0 bridgehead atoms. The number of hydrogen-bond acceptors (Lipinski definition) is 2. The molecule has 1 aromatic heterocycles. The first-order valence-corrected chi connectivity index (χ1v) is 5.61. The molecule has 1 amide bonds. The highest BCUT2D eigenvalue weighted by atomic mass is 79.9. The van der Waals surface area contributed by atoms with E-state index in [1.54, 1.807) is 18.4 Å². The first-order valence-electron chi connectivity index (χ1n) is 4.82. The smallest absolute Gasteiger partial charge is 0.231 e. The van der Waals surface area contributed by atoms with Crippen LogP contribution < -0.4 is 5.32 Å². The maximum atomic E-state index is 11.6. The van der Waals surface area contributed by atoms with Crippen LogP contribution in [0.5, 0.6) is 0 Å². The molecule has 82 valence electrons. The second-order valence-corrected chi connectivity index (χ2v) is 4.23. The molecule has 0 spiro atoms. The summed E-state index contributed by atoms with van der Waals surface area (Å²) in [6, 6.07) is 11.0. The first kappa shape index (κ1) is 11.0. The minimum Gasteiger partial charge on any atom is -0.469 e. The molecule has 0 aliphatic rings. The van der Waals surface area contributed by atoms with Gasteiger partial charge in [0.15, 0.2) is 0 Å². The largest absolute Gasteiger partial charge is 0.469 e. The third-order valence-electron chi connectivity index (χ3n) is 2.02. The van der Waals surface area contributed by atoms with Gasteiger partial charge in [-0.3, -0.25) is 4.79 Å². The van der Waals surface area contributed by atoms with Crippen molar-refractivity contribution >= 4 is 27.5 Å². The van der Waals surface area contributed by atoms with E-state index in [9.17, 15) is 4.79 Å². The van der Waals surface area contributed by atoms with Crippen LogP contribution in [-0.4, -0.2) is 5.91 Å². The molecule has 0 saturated carbocycles. The third-order valence-corrected chi connectivity index (χ3v) is 2.52. The van der Waals surface area contributed by atoms with Crippen molar-refractivity contribution in [2.24, 2.45) is 0 Å². The fourth-order valence-electron chi connectivity index (χ4n) is 1.34. The zero-order valence-corrected chi connectivity index (χ0v) is 10.0. The monoisotopic (exact) mass is 279 g/mol. The number of nitrogens with one attached hydrogen (secondary N) is 1. The van der Waals surface area contributed by atoms with E-state index in [-0.39, 0.29) is 12.3 Å². The molecular formula is C12H10BrNO2. The molecule has 0 radical (unpaired) electrons. The summed E-state index contributed by atoms with van der Waals surface area (Å²) >= 11 is 3.34. The summed E-state index contributed by atoms with van der Waals surface area (Å²) < 4.78 is 6.03. The van der Waals surface area contributed by atoms with Crippen molar-refractivity contribution < 1.29 is 9.21 Å². The van der Waals surface area contributed by atoms with Crippen LogP contribution in [0, 0.1) is 0 Å². The molecule has 1 aromatic carbocycles. The second-order valence-electron chi connectivity index (χ2n) is 3.31. The lowest BCUT2D eigenvalue weighted by Gasteiger charge is -2.03. The summed E-state index contributed by atoms with van der Waals surface area (Å²) in [5.74, 6) is 0.570. The second kappa shape index (κ2) is 4.99. The number of amides is 1. The molecule has 1 heterocycles. The lowest BCUT2D eigenvalue weighted by Crippen LogP contribution is -2.13. The predicted octanol–water partition coefficient (Wildman–Crippen LogP) is 3.22. The number of halogens is 1. The van der Waals surface area contributed by atoms with Crippen molar-refractivity contribution in [1.29, 1.82) is 0 Å². The van der Waals surface area contributed by atoms with Crippen LogP contribution >= 0.6 is 15.9 Å². The lowest BCUT2D eigenvalue weighted by atomic mass is 10.3. The molecule has 0 fully saturated rings. The topological polar surface area (TPSA) is 42.2 Å². The molecule has 0 saturated heterocycles. The van der Waals surface area contributed by atoms with Crippen LogP contribution in [0.4, 0.5) is 5.69 Å². The first-order chi connectivity index (χ1) is 7.74. The molecule has 16 heavy (non-hydrogen) atoms. The molecule has 0 atom stereocenters. The maximum Gasteiger partial charge on any atom is 0.231 e. The van der Waals surface area contributed by atoms with Crippen molar-refractivity contribution in [3.05, 3.63) is 52.9 Å². The Morgan fingerprint density at radius 3 is 2.88 bits per heavy atom. The van der Waals surface area contributed by atoms with E-state index in [1.165, 1.54) is 0 Å². The average Bonchev–Trinajstić information content (AvgIpc) is 2.70. The lowest BCUT2D eigenvalue weighted by molar-refractivity contribution is -0.115. The number of furan rings is 1. The summed E-state index contributed by atoms with van der Waals surface area (Å²) in [6.45, 7) is 0. The van der Waals surface area contributed by atoms with Gasteiger partial charge in [0, 0.05) is 10.2 Å². The Labute approximate surface area is 102 Å². The molecule has 2 rings (SSSR count). The van der Waals surface area contributed by atoms with E-state index in [0.717, 1.165) is 10.2 Å². The normalized spacial score (nSPS) is 10.1. The van der Waals surface area contributed by atoms with Gasteiger partial charge in [-0.1, -0.05) is 22.0 Å². The van der Waals surface area contributed by atoms with E-state index in [2.05, 4.69) is 21.2 Å². The van der Waals surface area contributed by atoms with Gasteiger partial charge in [-0.15, -0.1) is 0 Å². The Morgan fingerprint density at radius 2 is 2.19 bits per heavy atom. The van der Waals surface area contributed by atoms with Crippen LogP contribution in [0.25, 0.3) is 0 Å². The Morgan fingerprint density at radius 1 is 1.31 bits per heavy atom. The third kappa shape index (κ3) is 2.97. The number of benzene rings is 1. The molecule has 4 heteroatoms. The zero-order valence-electron chi connectivity index (χ0n) is 8.44. The van der Waals surface area contributed by atoms with Crippen molar-refractivity contribution in [2.75, 3.05) is 5.32 Å². The highest BCUT2D eigenvalue weighted by Gasteiger charge is 2.05. The molecule has 0 aliphatic heterocycles. The van der Waals surface area contributed by atoms with Crippen LogP contribution in [-0.2, 0) is 11.2 Å². The van der Waals surface area contributed by atoms with E-state index in [4.69, 9.17) is 4.42 Å². The molecule has 1 N–H and O–H groups in total. The molecule has 3 nitrogen and oxygen atoms in total. The highest BCUT2D eigenvalue weighted by Crippen LogP contribution is 2.15. The Balaban J connectivity index is 1.97. The van der Waals surface area contributed by atoms with Gasteiger partial charge in [0.05, 0.1) is 12.7 Å². The van der Waals surface area contributed by atoms with Gasteiger partial charge in [-0.2, -0.15) is 0 Å². The van der Waals surface area contributed by atoms with Gasteiger partial charge in [0.2, 0.25) is 5.91 Å². The van der Waals surface area contributed by atoms with Crippen molar-refractivity contribution in [3.63, 3.8) is 0 Å². The van der Waals surface area contributed by atoms with Crippen LogP contribution in [0.3, 0.4) is 0 Å². The van der Waals surface area contributed by atoms with Crippen LogP contribution in [0.1, 0.15) is 5.76 Å². The van der Waals surface area contributed by atoms with Gasteiger partial charge in [0.1, 0.15) is 5.76 Å². The minimum atomic E-state index is -0.0898. The summed E-state index contributed by atoms with van der Waals surface area (Å²) in [5.41, 5.74) is 0.769. The van der Waals surface area contributed by atoms with Crippen molar-refractivity contribution in [3.8, 4) is 0 Å². The van der Waals surface area contributed by atoms with Gasteiger partial charge >= 0.3 is 0 Å². The Bertz CT molecular complexity index is 480. The SMILES string of the molecule is O=C(Cc1ccco1)Nc1cccc(Br)c1. The van der Waals surface area contributed by atoms with Crippen LogP contribution in [0.2, 0.25) is 0 Å². The van der Waals surface area contributed by atoms with Gasteiger partial charge in [-0.05, 0) is 30.3 Å². The van der Waals surface area contributed by atoms with Crippen LogP contribution in [0.15, 0.2) is 51.6 Å².